The molecule has 1 heterocycles. The molecule has 0 fully saturated rings. The minimum absolute atomic E-state index is 0.0519. The second kappa shape index (κ2) is 5.88. The van der Waals surface area contributed by atoms with E-state index in [2.05, 4.69) is 5.32 Å². The van der Waals surface area contributed by atoms with Crippen molar-refractivity contribution < 1.29 is 10.2 Å². The monoisotopic (exact) mass is 289 g/mol. The molecule has 0 spiro atoms. The number of nitrogens with one attached hydrogen (secondary N) is 1. The molecule has 5 heteroatoms. The lowest BCUT2D eigenvalue weighted by Crippen LogP contribution is -2.52. The molecule has 3 N–H and O–H groups in total. The molecule has 102 valence electrons. The molecule has 0 bridgehead atoms. The number of fused-ring (bicyclic) bond motifs is 1. The minimum atomic E-state index is -0.590. The summed E-state index contributed by atoms with van der Waals surface area (Å²) >= 11 is 7.72. The van der Waals surface area contributed by atoms with Gasteiger partial charge < -0.3 is 15.5 Å². The number of hydrogen-bond acceptors (Lipinski definition) is 4. The van der Waals surface area contributed by atoms with E-state index in [4.69, 9.17) is 11.6 Å². The Kier molecular flexibility index (Phi) is 4.67. The van der Waals surface area contributed by atoms with Gasteiger partial charge in [-0.2, -0.15) is 0 Å². The average Bonchev–Trinajstić information content (AvgIpc) is 2.77. The van der Waals surface area contributed by atoms with E-state index in [1.165, 1.54) is 10.4 Å². The van der Waals surface area contributed by atoms with Gasteiger partial charge in [-0.1, -0.05) is 18.5 Å². The number of aliphatic hydroxyl groups excluding tert-OH is 2. The van der Waals surface area contributed by atoms with Gasteiger partial charge in [-0.25, -0.2) is 0 Å². The minimum Gasteiger partial charge on any atom is -0.394 e. The Bertz CT molecular complexity index is 395. The van der Waals surface area contributed by atoms with E-state index in [-0.39, 0.29) is 19.3 Å². The summed E-state index contributed by atoms with van der Waals surface area (Å²) in [6.07, 6.45) is 3.94. The maximum Gasteiger partial charge on any atom is 0.0934 e. The maximum atomic E-state index is 9.51. The second-order valence-corrected chi connectivity index (χ2v) is 6.74. The van der Waals surface area contributed by atoms with E-state index in [9.17, 15) is 10.2 Å². The average molecular weight is 290 g/mol. The summed E-state index contributed by atoms with van der Waals surface area (Å²) in [5.41, 5.74) is 0.657. The summed E-state index contributed by atoms with van der Waals surface area (Å²) in [7, 11) is 0. The van der Waals surface area contributed by atoms with E-state index in [1.807, 2.05) is 13.0 Å². The van der Waals surface area contributed by atoms with Crippen molar-refractivity contribution in [2.45, 2.75) is 44.2 Å². The van der Waals surface area contributed by atoms with Crippen LogP contribution < -0.4 is 5.32 Å². The highest BCUT2D eigenvalue weighted by molar-refractivity contribution is 7.16. The molecule has 1 aliphatic rings. The molecular formula is C13H20ClNO2S. The first-order valence-electron chi connectivity index (χ1n) is 6.41. The molecule has 0 saturated heterocycles. The summed E-state index contributed by atoms with van der Waals surface area (Å²) in [5, 5.41) is 22.5. The van der Waals surface area contributed by atoms with Gasteiger partial charge in [-0.3, -0.25) is 0 Å². The third-order valence-corrected chi connectivity index (χ3v) is 5.19. The van der Waals surface area contributed by atoms with Gasteiger partial charge in [0, 0.05) is 10.9 Å². The number of halogens is 1. The lowest BCUT2D eigenvalue weighted by Gasteiger charge is -2.36. The molecule has 0 aliphatic heterocycles. The van der Waals surface area contributed by atoms with E-state index in [1.54, 1.807) is 11.3 Å². The van der Waals surface area contributed by atoms with E-state index in [0.29, 0.717) is 6.42 Å². The van der Waals surface area contributed by atoms with E-state index in [0.717, 1.165) is 23.6 Å². The van der Waals surface area contributed by atoms with Gasteiger partial charge in [-0.05, 0) is 37.3 Å². The molecule has 0 amide bonds. The fourth-order valence-electron chi connectivity index (χ4n) is 2.51. The Morgan fingerprint density at radius 3 is 2.83 bits per heavy atom. The standard InChI is InChI=1S/C13H20ClNO2S/c1-2-13(7-16,8-17)15-10-4-3-5-11-9(10)6-12(14)18-11/h6,10,15-17H,2-5,7-8H2,1H3. The number of hydrogen-bond donors (Lipinski definition) is 3. The number of aliphatic hydroxyl groups is 2. The maximum absolute atomic E-state index is 9.51. The first-order chi connectivity index (χ1) is 8.64. The second-order valence-electron chi connectivity index (χ2n) is 4.97. The van der Waals surface area contributed by atoms with Crippen LogP contribution in [0.4, 0.5) is 0 Å². The Morgan fingerprint density at radius 1 is 1.50 bits per heavy atom. The van der Waals surface area contributed by atoms with Gasteiger partial charge in [0.05, 0.1) is 23.1 Å². The molecule has 1 unspecified atom stereocenters. The van der Waals surface area contributed by atoms with Crippen LogP contribution in [0.1, 0.15) is 42.7 Å². The van der Waals surface area contributed by atoms with Crippen LogP contribution in [0.3, 0.4) is 0 Å². The topological polar surface area (TPSA) is 52.5 Å². The molecule has 3 nitrogen and oxygen atoms in total. The quantitative estimate of drug-likeness (QED) is 0.781. The van der Waals surface area contributed by atoms with Gasteiger partial charge in [0.15, 0.2) is 0 Å². The summed E-state index contributed by atoms with van der Waals surface area (Å²) in [6, 6.07) is 2.21. The molecule has 1 aromatic rings. The predicted octanol–water partition coefficient (Wildman–Crippen LogP) is 2.50. The van der Waals surface area contributed by atoms with Crippen molar-refractivity contribution in [3.05, 3.63) is 20.8 Å². The van der Waals surface area contributed by atoms with Crippen LogP contribution in [-0.4, -0.2) is 29.0 Å². The predicted molar refractivity (Wildman–Crippen MR) is 75.3 cm³/mol. The number of rotatable bonds is 5. The summed E-state index contributed by atoms with van der Waals surface area (Å²) in [4.78, 5) is 1.34. The summed E-state index contributed by atoms with van der Waals surface area (Å²) < 4.78 is 0.823. The van der Waals surface area contributed by atoms with Crippen LogP contribution in [0.25, 0.3) is 0 Å². The van der Waals surface area contributed by atoms with Gasteiger partial charge in [0.2, 0.25) is 0 Å². The lowest BCUT2D eigenvalue weighted by atomic mass is 9.89. The van der Waals surface area contributed by atoms with Crippen LogP contribution in [0.15, 0.2) is 6.07 Å². The highest BCUT2D eigenvalue weighted by Crippen LogP contribution is 2.38. The molecule has 0 aromatic carbocycles. The Hall–Kier alpha value is -0.130. The van der Waals surface area contributed by atoms with Crippen molar-refractivity contribution in [3.8, 4) is 0 Å². The molecule has 18 heavy (non-hydrogen) atoms. The SMILES string of the molecule is CCC(CO)(CO)NC1CCCc2sc(Cl)cc21. The van der Waals surface area contributed by atoms with Gasteiger partial charge in [0.25, 0.3) is 0 Å². The number of aryl methyl sites for hydroxylation is 1. The van der Waals surface area contributed by atoms with Crippen molar-refractivity contribution >= 4 is 22.9 Å². The van der Waals surface area contributed by atoms with Crippen molar-refractivity contribution in [2.75, 3.05) is 13.2 Å². The highest BCUT2D eigenvalue weighted by Gasteiger charge is 2.32. The largest absolute Gasteiger partial charge is 0.394 e. The van der Waals surface area contributed by atoms with Crippen molar-refractivity contribution in [1.82, 2.24) is 5.32 Å². The van der Waals surface area contributed by atoms with Crippen LogP contribution in [-0.2, 0) is 6.42 Å². The van der Waals surface area contributed by atoms with Crippen LogP contribution in [0, 0.1) is 0 Å². The zero-order valence-electron chi connectivity index (χ0n) is 10.6. The summed E-state index contributed by atoms with van der Waals surface area (Å²) in [6.45, 7) is 1.87. The molecular weight excluding hydrogens is 270 g/mol. The molecule has 1 atom stereocenters. The normalized spacial score (nSPS) is 19.9. The first kappa shape index (κ1) is 14.3. The van der Waals surface area contributed by atoms with Gasteiger partial charge in [0.1, 0.15) is 0 Å². The van der Waals surface area contributed by atoms with Crippen LogP contribution in [0.5, 0.6) is 0 Å². The zero-order chi connectivity index (χ0) is 13.2. The third-order valence-electron chi connectivity index (χ3n) is 3.85. The third kappa shape index (κ3) is 2.73. The molecule has 1 aromatic heterocycles. The van der Waals surface area contributed by atoms with E-state index >= 15 is 0 Å². The van der Waals surface area contributed by atoms with Gasteiger partial charge >= 0.3 is 0 Å². The Balaban J connectivity index is 2.20. The van der Waals surface area contributed by atoms with Crippen molar-refractivity contribution in [1.29, 1.82) is 0 Å². The molecule has 2 rings (SSSR count). The molecule has 0 radical (unpaired) electrons. The fourth-order valence-corrected chi connectivity index (χ4v) is 3.89. The smallest absolute Gasteiger partial charge is 0.0934 e. The van der Waals surface area contributed by atoms with Crippen molar-refractivity contribution in [2.24, 2.45) is 0 Å². The van der Waals surface area contributed by atoms with Crippen LogP contribution in [0.2, 0.25) is 4.34 Å². The van der Waals surface area contributed by atoms with Crippen LogP contribution >= 0.6 is 22.9 Å². The van der Waals surface area contributed by atoms with Crippen molar-refractivity contribution in [3.63, 3.8) is 0 Å². The zero-order valence-corrected chi connectivity index (χ0v) is 12.2. The summed E-state index contributed by atoms with van der Waals surface area (Å²) in [5.74, 6) is 0. The molecule has 1 aliphatic carbocycles. The van der Waals surface area contributed by atoms with E-state index < -0.39 is 5.54 Å². The molecule has 0 saturated carbocycles. The van der Waals surface area contributed by atoms with Gasteiger partial charge in [-0.15, -0.1) is 11.3 Å². The lowest BCUT2D eigenvalue weighted by molar-refractivity contribution is 0.0753. The number of thiophene rings is 1. The Morgan fingerprint density at radius 2 is 2.22 bits per heavy atom. The fraction of sp³-hybridized carbons (Fsp3) is 0.692. The first-order valence-corrected chi connectivity index (χ1v) is 7.61. The highest BCUT2D eigenvalue weighted by atomic mass is 35.5. The Labute approximate surface area is 117 Å².